The first-order valence-electron chi connectivity index (χ1n) is 11.2. The molecule has 4 aliphatic rings. The van der Waals surface area contributed by atoms with E-state index < -0.39 is 0 Å². The van der Waals surface area contributed by atoms with Crippen LogP contribution in [-0.2, 0) is 6.61 Å². The second kappa shape index (κ2) is 7.95. The molecular weight excluding hydrogens is 374 g/mol. The Hall–Kier alpha value is -2.53. The van der Waals surface area contributed by atoms with Gasteiger partial charge >= 0.3 is 0 Å². The first kappa shape index (κ1) is 19.4. The highest BCUT2D eigenvalue weighted by Crippen LogP contribution is 2.41. The standard InChI is InChI=1S/C25H31N3O2/c1-4-29-22-14-19(24-25-23(26-27-24)18-9-11-28(25)12-10-18)7-8-21(22)30-15-20-13-16(2)5-6-17(20)3/h5-8,13-14,18,24-25,27H,4,9-12,15H2,1-3H3. The zero-order chi connectivity index (χ0) is 20.7. The van der Waals surface area contributed by atoms with Crippen molar-refractivity contribution in [3.63, 3.8) is 0 Å². The van der Waals surface area contributed by atoms with Crippen LogP contribution in [0.2, 0.25) is 0 Å². The molecule has 4 heterocycles. The lowest BCUT2D eigenvalue weighted by molar-refractivity contribution is 0.133. The van der Waals surface area contributed by atoms with Gasteiger partial charge in [0.05, 0.1) is 24.4 Å². The average Bonchev–Trinajstić information content (AvgIpc) is 3.24. The van der Waals surface area contributed by atoms with E-state index in [9.17, 15) is 0 Å². The van der Waals surface area contributed by atoms with E-state index >= 15 is 0 Å². The van der Waals surface area contributed by atoms with Crippen molar-refractivity contribution >= 4 is 5.71 Å². The summed E-state index contributed by atoms with van der Waals surface area (Å²) in [5, 5.41) is 4.74. The van der Waals surface area contributed by atoms with Crippen LogP contribution in [0, 0.1) is 19.8 Å². The van der Waals surface area contributed by atoms with Crippen LogP contribution in [-0.4, -0.2) is 36.3 Å². The van der Waals surface area contributed by atoms with Crippen LogP contribution in [0.1, 0.15) is 48.1 Å². The minimum Gasteiger partial charge on any atom is -0.490 e. The van der Waals surface area contributed by atoms with E-state index in [4.69, 9.17) is 14.6 Å². The minimum atomic E-state index is 0.190. The Labute approximate surface area is 179 Å². The lowest BCUT2D eigenvalue weighted by Crippen LogP contribution is -2.56. The summed E-state index contributed by atoms with van der Waals surface area (Å²) in [7, 11) is 0. The Kier molecular flexibility index (Phi) is 5.15. The van der Waals surface area contributed by atoms with Crippen molar-refractivity contribution in [2.45, 2.75) is 52.3 Å². The lowest BCUT2D eigenvalue weighted by Gasteiger charge is -2.45. The van der Waals surface area contributed by atoms with Crippen molar-refractivity contribution in [3.05, 3.63) is 58.7 Å². The van der Waals surface area contributed by atoms with Gasteiger partial charge in [-0.3, -0.25) is 4.90 Å². The molecule has 2 bridgehead atoms. The van der Waals surface area contributed by atoms with Gasteiger partial charge in [0, 0.05) is 5.92 Å². The van der Waals surface area contributed by atoms with Crippen LogP contribution in [0.25, 0.3) is 0 Å². The fourth-order valence-corrected chi connectivity index (χ4v) is 5.13. The van der Waals surface area contributed by atoms with E-state index in [0.29, 0.717) is 25.2 Å². The maximum Gasteiger partial charge on any atom is 0.161 e. The zero-order valence-corrected chi connectivity index (χ0v) is 18.1. The highest BCUT2D eigenvalue weighted by Gasteiger charge is 2.46. The van der Waals surface area contributed by atoms with Crippen LogP contribution in [0.4, 0.5) is 0 Å². The Bertz CT molecular complexity index is 963. The monoisotopic (exact) mass is 405 g/mol. The van der Waals surface area contributed by atoms with Crippen molar-refractivity contribution < 1.29 is 9.47 Å². The molecule has 5 heteroatoms. The fourth-order valence-electron chi connectivity index (χ4n) is 5.13. The number of fused-ring (bicyclic) bond motifs is 2. The highest BCUT2D eigenvalue weighted by atomic mass is 16.5. The van der Waals surface area contributed by atoms with Crippen molar-refractivity contribution in [3.8, 4) is 11.5 Å². The summed E-state index contributed by atoms with van der Waals surface area (Å²) in [6.45, 7) is 9.77. The first-order valence-corrected chi connectivity index (χ1v) is 11.2. The number of rotatable bonds is 6. The zero-order valence-electron chi connectivity index (χ0n) is 18.1. The molecule has 2 unspecified atom stereocenters. The van der Waals surface area contributed by atoms with Crippen LogP contribution >= 0.6 is 0 Å². The molecule has 1 N–H and O–H groups in total. The van der Waals surface area contributed by atoms with Crippen molar-refractivity contribution in [2.75, 3.05) is 19.7 Å². The predicted molar refractivity (Wildman–Crippen MR) is 119 cm³/mol. The second-order valence-electron chi connectivity index (χ2n) is 8.76. The van der Waals surface area contributed by atoms with Crippen molar-refractivity contribution in [1.82, 2.24) is 10.3 Å². The molecule has 30 heavy (non-hydrogen) atoms. The van der Waals surface area contributed by atoms with E-state index in [1.165, 1.54) is 53.9 Å². The minimum absolute atomic E-state index is 0.190. The van der Waals surface area contributed by atoms with E-state index in [-0.39, 0.29) is 6.04 Å². The third kappa shape index (κ3) is 3.45. The van der Waals surface area contributed by atoms with E-state index in [1.807, 2.05) is 6.92 Å². The Morgan fingerprint density at radius 2 is 1.87 bits per heavy atom. The molecule has 0 spiro atoms. The molecular formula is C25H31N3O2. The molecule has 0 amide bonds. The Morgan fingerprint density at radius 3 is 2.67 bits per heavy atom. The van der Waals surface area contributed by atoms with Gasteiger partial charge in [-0.05, 0) is 75.5 Å². The van der Waals surface area contributed by atoms with Gasteiger partial charge in [-0.1, -0.05) is 29.8 Å². The van der Waals surface area contributed by atoms with Crippen molar-refractivity contribution in [2.24, 2.45) is 11.0 Å². The highest BCUT2D eigenvalue weighted by molar-refractivity contribution is 5.95. The molecule has 3 fully saturated rings. The summed E-state index contributed by atoms with van der Waals surface area (Å²) in [4.78, 5) is 2.59. The molecule has 158 valence electrons. The molecule has 4 aliphatic heterocycles. The van der Waals surface area contributed by atoms with Crippen LogP contribution in [0.5, 0.6) is 11.5 Å². The molecule has 2 aromatic carbocycles. The molecule has 0 radical (unpaired) electrons. The number of nitrogens with one attached hydrogen (secondary N) is 1. The summed E-state index contributed by atoms with van der Waals surface area (Å²) in [6, 6.07) is 13.4. The van der Waals surface area contributed by atoms with Gasteiger partial charge < -0.3 is 14.9 Å². The topological polar surface area (TPSA) is 46.1 Å². The largest absolute Gasteiger partial charge is 0.490 e. The van der Waals surface area contributed by atoms with Crippen LogP contribution in [0.15, 0.2) is 41.5 Å². The number of hydrogen-bond acceptors (Lipinski definition) is 5. The molecule has 6 rings (SSSR count). The number of piperidine rings is 3. The SMILES string of the molecule is CCOc1cc(C2NN=C3C4CCN(CC4)C32)ccc1OCc1cc(C)ccc1C. The molecule has 0 saturated carbocycles. The van der Waals surface area contributed by atoms with Gasteiger partial charge in [-0.25, -0.2) is 0 Å². The number of aryl methyl sites for hydroxylation is 2. The molecule has 5 nitrogen and oxygen atoms in total. The van der Waals surface area contributed by atoms with Gasteiger partial charge in [0.2, 0.25) is 0 Å². The summed E-state index contributed by atoms with van der Waals surface area (Å²) in [6.07, 6.45) is 2.50. The number of ether oxygens (including phenoxy) is 2. The van der Waals surface area contributed by atoms with Gasteiger partial charge in [0.1, 0.15) is 6.61 Å². The van der Waals surface area contributed by atoms with E-state index in [2.05, 4.69) is 60.6 Å². The maximum atomic E-state index is 6.20. The van der Waals surface area contributed by atoms with Crippen LogP contribution in [0.3, 0.4) is 0 Å². The van der Waals surface area contributed by atoms with Crippen LogP contribution < -0.4 is 14.9 Å². The normalized spacial score (nSPS) is 26.7. The lowest BCUT2D eigenvalue weighted by atomic mass is 9.78. The fraction of sp³-hybridized carbons (Fsp3) is 0.480. The number of nitrogens with zero attached hydrogens (tertiary/aromatic N) is 2. The maximum absolute atomic E-state index is 6.20. The molecule has 2 aromatic rings. The van der Waals surface area contributed by atoms with Gasteiger partial charge in [0.15, 0.2) is 11.5 Å². The van der Waals surface area contributed by atoms with E-state index in [1.54, 1.807) is 0 Å². The number of benzene rings is 2. The Morgan fingerprint density at radius 1 is 1.03 bits per heavy atom. The van der Waals surface area contributed by atoms with Gasteiger partial charge in [-0.15, -0.1) is 0 Å². The summed E-state index contributed by atoms with van der Waals surface area (Å²) in [5.74, 6) is 2.27. The third-order valence-corrected chi connectivity index (χ3v) is 6.81. The quantitative estimate of drug-likeness (QED) is 0.775. The molecule has 0 aliphatic carbocycles. The smallest absolute Gasteiger partial charge is 0.161 e. The Balaban J connectivity index is 1.37. The molecule has 3 saturated heterocycles. The number of hydrogen-bond donors (Lipinski definition) is 1. The summed E-state index contributed by atoms with van der Waals surface area (Å²) < 4.78 is 12.2. The number of hydrazone groups is 1. The molecule has 2 atom stereocenters. The summed E-state index contributed by atoms with van der Waals surface area (Å²) in [5.41, 5.74) is 9.70. The van der Waals surface area contributed by atoms with Gasteiger partial charge in [-0.2, -0.15) is 5.10 Å². The van der Waals surface area contributed by atoms with E-state index in [0.717, 1.165) is 11.5 Å². The summed E-state index contributed by atoms with van der Waals surface area (Å²) >= 11 is 0. The molecule has 0 aromatic heterocycles. The third-order valence-electron chi connectivity index (χ3n) is 6.81. The second-order valence-corrected chi connectivity index (χ2v) is 8.76. The first-order chi connectivity index (χ1) is 14.6. The predicted octanol–water partition coefficient (Wildman–Crippen LogP) is 4.38. The van der Waals surface area contributed by atoms with Crippen molar-refractivity contribution in [1.29, 1.82) is 0 Å². The average molecular weight is 406 g/mol. The van der Waals surface area contributed by atoms with Gasteiger partial charge in [0.25, 0.3) is 0 Å².